The first-order chi connectivity index (χ1) is 7.78. The van der Waals surface area contributed by atoms with E-state index < -0.39 is 0 Å². The van der Waals surface area contributed by atoms with Gasteiger partial charge < -0.3 is 10.2 Å². The minimum Gasteiger partial charge on any atom is -0.361 e. The van der Waals surface area contributed by atoms with Gasteiger partial charge in [0.05, 0.1) is 6.20 Å². The SMILES string of the molecule is CN1CCC(CCNc2ncc(C#N)s2)C1. The summed E-state index contributed by atoms with van der Waals surface area (Å²) in [4.78, 5) is 7.19. The van der Waals surface area contributed by atoms with Crippen molar-refractivity contribution >= 4 is 16.5 Å². The number of nitrogens with one attached hydrogen (secondary N) is 1. The highest BCUT2D eigenvalue weighted by molar-refractivity contribution is 7.16. The molecule has 0 amide bonds. The van der Waals surface area contributed by atoms with Crippen LogP contribution in [0.25, 0.3) is 0 Å². The van der Waals surface area contributed by atoms with Gasteiger partial charge in [-0.05, 0) is 32.4 Å². The van der Waals surface area contributed by atoms with Crippen LogP contribution in [-0.4, -0.2) is 36.6 Å². The molecule has 1 atom stereocenters. The second kappa shape index (κ2) is 5.28. The van der Waals surface area contributed by atoms with E-state index in [4.69, 9.17) is 5.26 Å². The summed E-state index contributed by atoms with van der Waals surface area (Å²) >= 11 is 1.42. The molecular weight excluding hydrogens is 220 g/mol. The third-order valence-corrected chi connectivity index (χ3v) is 3.79. The normalized spacial score (nSPS) is 20.9. The highest BCUT2D eigenvalue weighted by atomic mass is 32.1. The van der Waals surface area contributed by atoms with Crippen LogP contribution in [0.3, 0.4) is 0 Å². The summed E-state index contributed by atoms with van der Waals surface area (Å²) in [6.07, 6.45) is 4.11. The molecule has 1 aromatic rings. The molecule has 1 fully saturated rings. The van der Waals surface area contributed by atoms with Gasteiger partial charge in [0, 0.05) is 13.1 Å². The largest absolute Gasteiger partial charge is 0.361 e. The van der Waals surface area contributed by atoms with Crippen molar-refractivity contribution in [2.75, 3.05) is 32.0 Å². The van der Waals surface area contributed by atoms with Crippen molar-refractivity contribution in [2.45, 2.75) is 12.8 Å². The Labute approximate surface area is 99.9 Å². The Kier molecular flexibility index (Phi) is 3.75. The molecule has 5 heteroatoms. The highest BCUT2D eigenvalue weighted by Crippen LogP contribution is 2.20. The Balaban J connectivity index is 1.70. The van der Waals surface area contributed by atoms with E-state index in [-0.39, 0.29) is 0 Å². The molecule has 4 nitrogen and oxygen atoms in total. The number of thiazole rings is 1. The Morgan fingerprint density at radius 2 is 2.62 bits per heavy atom. The standard InChI is InChI=1S/C11H16N4S/c1-15-5-3-9(8-15)2-4-13-11-14-7-10(6-12)16-11/h7,9H,2-5,8H2,1H3,(H,13,14). The molecule has 0 aliphatic carbocycles. The Morgan fingerprint density at radius 1 is 1.75 bits per heavy atom. The van der Waals surface area contributed by atoms with Crippen LogP contribution in [-0.2, 0) is 0 Å². The smallest absolute Gasteiger partial charge is 0.183 e. The Hall–Kier alpha value is -1.12. The van der Waals surface area contributed by atoms with Gasteiger partial charge in [-0.3, -0.25) is 0 Å². The summed E-state index contributed by atoms with van der Waals surface area (Å²) in [6.45, 7) is 3.39. The first kappa shape index (κ1) is 11.4. The molecule has 0 radical (unpaired) electrons. The number of hydrogen-bond donors (Lipinski definition) is 1. The molecule has 86 valence electrons. The minimum absolute atomic E-state index is 0.670. The lowest BCUT2D eigenvalue weighted by Crippen LogP contribution is -2.15. The van der Waals surface area contributed by atoms with Crippen LogP contribution in [0.5, 0.6) is 0 Å². The third-order valence-electron chi connectivity index (χ3n) is 2.93. The molecule has 16 heavy (non-hydrogen) atoms. The summed E-state index contributed by atoms with van der Waals surface area (Å²) in [7, 11) is 2.17. The number of likely N-dealkylation sites (tertiary alicyclic amines) is 1. The van der Waals surface area contributed by atoms with E-state index in [2.05, 4.69) is 28.3 Å². The first-order valence-corrected chi connectivity index (χ1v) is 6.38. The Morgan fingerprint density at radius 3 is 3.25 bits per heavy atom. The molecule has 1 saturated heterocycles. The number of nitriles is 1. The highest BCUT2D eigenvalue weighted by Gasteiger charge is 2.18. The molecule has 1 N–H and O–H groups in total. The monoisotopic (exact) mass is 236 g/mol. The summed E-state index contributed by atoms with van der Waals surface area (Å²) in [6, 6.07) is 2.09. The molecule has 0 aromatic carbocycles. The quantitative estimate of drug-likeness (QED) is 0.865. The number of hydrogen-bond acceptors (Lipinski definition) is 5. The van der Waals surface area contributed by atoms with Crippen molar-refractivity contribution in [3.63, 3.8) is 0 Å². The van der Waals surface area contributed by atoms with E-state index in [0.717, 1.165) is 17.6 Å². The van der Waals surface area contributed by atoms with E-state index in [9.17, 15) is 0 Å². The maximum atomic E-state index is 8.67. The van der Waals surface area contributed by atoms with Crippen molar-refractivity contribution in [3.05, 3.63) is 11.1 Å². The average molecular weight is 236 g/mol. The van der Waals surface area contributed by atoms with Gasteiger partial charge in [0.2, 0.25) is 0 Å². The summed E-state index contributed by atoms with van der Waals surface area (Å²) in [5.41, 5.74) is 0. The predicted molar refractivity (Wildman–Crippen MR) is 65.5 cm³/mol. The van der Waals surface area contributed by atoms with Crippen LogP contribution in [0.4, 0.5) is 5.13 Å². The van der Waals surface area contributed by atoms with E-state index in [1.165, 1.54) is 37.3 Å². The number of nitrogens with zero attached hydrogens (tertiary/aromatic N) is 3. The first-order valence-electron chi connectivity index (χ1n) is 5.56. The van der Waals surface area contributed by atoms with Crippen LogP contribution >= 0.6 is 11.3 Å². The number of anilines is 1. The van der Waals surface area contributed by atoms with Crippen LogP contribution < -0.4 is 5.32 Å². The molecule has 2 heterocycles. The molecule has 1 aromatic heterocycles. The van der Waals surface area contributed by atoms with Crippen LogP contribution in [0.2, 0.25) is 0 Å². The molecule has 2 rings (SSSR count). The zero-order valence-electron chi connectivity index (χ0n) is 9.44. The third kappa shape index (κ3) is 2.94. The van der Waals surface area contributed by atoms with Gasteiger partial charge in [0.15, 0.2) is 5.13 Å². The van der Waals surface area contributed by atoms with Crippen molar-refractivity contribution in [1.82, 2.24) is 9.88 Å². The molecule has 1 unspecified atom stereocenters. The van der Waals surface area contributed by atoms with E-state index >= 15 is 0 Å². The van der Waals surface area contributed by atoms with Crippen LogP contribution in [0.1, 0.15) is 17.7 Å². The van der Waals surface area contributed by atoms with Crippen LogP contribution in [0.15, 0.2) is 6.20 Å². The summed E-state index contributed by atoms with van der Waals surface area (Å²) in [5, 5.41) is 12.8. The van der Waals surface area contributed by atoms with Gasteiger partial charge in [-0.2, -0.15) is 5.26 Å². The van der Waals surface area contributed by atoms with Gasteiger partial charge in [0.25, 0.3) is 0 Å². The molecular formula is C11H16N4S. The lowest BCUT2D eigenvalue weighted by Gasteiger charge is -2.10. The molecule has 1 aliphatic heterocycles. The van der Waals surface area contributed by atoms with Crippen molar-refractivity contribution in [1.29, 1.82) is 5.26 Å². The fourth-order valence-electron chi connectivity index (χ4n) is 2.05. The van der Waals surface area contributed by atoms with Gasteiger partial charge in [-0.25, -0.2) is 4.98 Å². The van der Waals surface area contributed by atoms with E-state index in [1.54, 1.807) is 6.20 Å². The van der Waals surface area contributed by atoms with Crippen LogP contribution in [0, 0.1) is 17.2 Å². The minimum atomic E-state index is 0.670. The van der Waals surface area contributed by atoms with Crippen molar-refractivity contribution < 1.29 is 0 Å². The molecule has 1 aliphatic rings. The van der Waals surface area contributed by atoms with E-state index in [1.807, 2.05) is 0 Å². The molecule has 0 saturated carbocycles. The van der Waals surface area contributed by atoms with Gasteiger partial charge in [0.1, 0.15) is 10.9 Å². The lowest BCUT2D eigenvalue weighted by atomic mass is 10.1. The zero-order valence-corrected chi connectivity index (χ0v) is 10.3. The second-order valence-electron chi connectivity index (χ2n) is 4.27. The fourth-order valence-corrected chi connectivity index (χ4v) is 2.69. The number of rotatable bonds is 4. The zero-order chi connectivity index (χ0) is 11.4. The maximum Gasteiger partial charge on any atom is 0.183 e. The fraction of sp³-hybridized carbons (Fsp3) is 0.636. The lowest BCUT2D eigenvalue weighted by molar-refractivity contribution is 0.390. The van der Waals surface area contributed by atoms with Crippen molar-refractivity contribution in [2.24, 2.45) is 5.92 Å². The van der Waals surface area contributed by atoms with Gasteiger partial charge in [-0.15, -0.1) is 0 Å². The van der Waals surface area contributed by atoms with Gasteiger partial charge in [-0.1, -0.05) is 11.3 Å². The topological polar surface area (TPSA) is 52.0 Å². The maximum absolute atomic E-state index is 8.67. The predicted octanol–water partition coefficient (Wildman–Crippen LogP) is 1.77. The van der Waals surface area contributed by atoms with E-state index in [0.29, 0.717) is 4.88 Å². The summed E-state index contributed by atoms with van der Waals surface area (Å²) < 4.78 is 0. The second-order valence-corrected chi connectivity index (χ2v) is 5.30. The summed E-state index contributed by atoms with van der Waals surface area (Å²) in [5.74, 6) is 0.813. The van der Waals surface area contributed by atoms with Crippen molar-refractivity contribution in [3.8, 4) is 6.07 Å². The van der Waals surface area contributed by atoms with Gasteiger partial charge >= 0.3 is 0 Å². The number of aromatic nitrogens is 1. The molecule has 0 spiro atoms. The Bertz CT molecular complexity index is 382. The molecule has 0 bridgehead atoms. The average Bonchev–Trinajstić information content (AvgIpc) is 2.88.